The number of likely N-dealkylation sites (N-methyl/N-ethyl adjacent to an activating group) is 1. The molecule has 0 aromatic carbocycles. The van der Waals surface area contributed by atoms with Crippen molar-refractivity contribution in [1.29, 1.82) is 0 Å². The Balaban J connectivity index is 1.58. The molecule has 1 aliphatic heterocycles. The lowest BCUT2D eigenvalue weighted by atomic mass is 10.1. The first kappa shape index (κ1) is 13.7. The van der Waals surface area contributed by atoms with E-state index in [9.17, 15) is 4.79 Å². The maximum Gasteiger partial charge on any atom is 0.255 e. The third-order valence-electron chi connectivity index (χ3n) is 4.96. The molecular weight excluding hydrogens is 278 g/mol. The van der Waals surface area contributed by atoms with E-state index < -0.39 is 0 Å². The number of amides is 1. The molecule has 2 aromatic heterocycles. The predicted molar refractivity (Wildman–Crippen MR) is 83.8 cm³/mol. The molecule has 2 aliphatic rings. The maximum absolute atomic E-state index is 12.4. The molecule has 2 aromatic rings. The van der Waals surface area contributed by atoms with E-state index >= 15 is 0 Å². The first-order valence-corrected chi connectivity index (χ1v) is 8.05. The van der Waals surface area contributed by atoms with E-state index in [0.29, 0.717) is 17.6 Å². The Morgan fingerprint density at radius 3 is 2.77 bits per heavy atom. The van der Waals surface area contributed by atoms with Crippen LogP contribution >= 0.6 is 0 Å². The average molecular weight is 299 g/mol. The van der Waals surface area contributed by atoms with Gasteiger partial charge in [-0.2, -0.15) is 0 Å². The van der Waals surface area contributed by atoms with Crippen molar-refractivity contribution < 1.29 is 4.79 Å². The molecule has 3 heterocycles. The summed E-state index contributed by atoms with van der Waals surface area (Å²) in [7, 11) is 1.93. The van der Waals surface area contributed by atoms with Crippen molar-refractivity contribution in [3.8, 4) is 0 Å². The number of carbonyl (C=O) groups is 1. The highest BCUT2D eigenvalue weighted by Crippen LogP contribution is 2.31. The van der Waals surface area contributed by atoms with Gasteiger partial charge in [0.25, 0.3) is 5.91 Å². The number of aromatic nitrogens is 3. The zero-order chi connectivity index (χ0) is 15.1. The first-order chi connectivity index (χ1) is 10.8. The summed E-state index contributed by atoms with van der Waals surface area (Å²) in [4.78, 5) is 23.2. The molecule has 0 spiro atoms. The van der Waals surface area contributed by atoms with E-state index in [-0.39, 0.29) is 5.91 Å². The summed E-state index contributed by atoms with van der Waals surface area (Å²) >= 11 is 0. The van der Waals surface area contributed by atoms with E-state index in [1.165, 1.54) is 25.7 Å². The van der Waals surface area contributed by atoms with Gasteiger partial charge in [-0.1, -0.05) is 12.8 Å². The minimum atomic E-state index is 0.0521. The lowest BCUT2D eigenvalue weighted by Gasteiger charge is -2.38. The Kier molecular flexibility index (Phi) is 3.33. The monoisotopic (exact) mass is 299 g/mol. The van der Waals surface area contributed by atoms with Gasteiger partial charge in [0, 0.05) is 31.4 Å². The molecule has 6 nitrogen and oxygen atoms in total. The highest BCUT2D eigenvalue weighted by molar-refractivity contribution is 5.96. The highest BCUT2D eigenvalue weighted by Gasteiger charge is 2.30. The summed E-state index contributed by atoms with van der Waals surface area (Å²) in [5.41, 5.74) is 2.36. The molecule has 1 saturated heterocycles. The van der Waals surface area contributed by atoms with Gasteiger partial charge in [0.2, 0.25) is 0 Å². The minimum Gasteiger partial charge on any atom is -0.335 e. The van der Waals surface area contributed by atoms with E-state index in [1.807, 2.05) is 24.3 Å². The molecule has 1 aliphatic carbocycles. The number of hydrogen-bond acceptors (Lipinski definition) is 4. The van der Waals surface area contributed by atoms with Crippen molar-refractivity contribution >= 4 is 17.1 Å². The number of fused-ring (bicyclic) bond motifs is 1. The van der Waals surface area contributed by atoms with Crippen LogP contribution in [0, 0.1) is 0 Å². The predicted octanol–water partition coefficient (Wildman–Crippen LogP) is 1.59. The molecule has 0 atom stereocenters. The fraction of sp³-hybridized carbons (Fsp3) is 0.562. The van der Waals surface area contributed by atoms with Crippen LogP contribution < -0.4 is 5.32 Å². The Labute approximate surface area is 129 Å². The summed E-state index contributed by atoms with van der Waals surface area (Å²) in [6.45, 7) is 1.54. The second-order valence-corrected chi connectivity index (χ2v) is 6.35. The van der Waals surface area contributed by atoms with Crippen molar-refractivity contribution in [2.45, 2.75) is 37.8 Å². The standard InChI is InChI=1S/C16H21N5O/c1-17-12-8-20(9-12)16(22)11-6-14-15(18-7-11)21(10-19-14)13-4-2-3-5-13/h6-7,10,12-13,17H,2-5,8-9H2,1H3. The Morgan fingerprint density at radius 2 is 2.05 bits per heavy atom. The van der Waals surface area contributed by atoms with Crippen LogP contribution in [0.3, 0.4) is 0 Å². The molecule has 0 bridgehead atoms. The van der Waals surface area contributed by atoms with Crippen molar-refractivity contribution in [3.63, 3.8) is 0 Å². The first-order valence-electron chi connectivity index (χ1n) is 8.05. The number of likely N-dealkylation sites (tertiary alicyclic amines) is 1. The molecule has 0 radical (unpaired) electrons. The third kappa shape index (κ3) is 2.18. The smallest absolute Gasteiger partial charge is 0.255 e. The number of carbonyl (C=O) groups excluding carboxylic acids is 1. The lowest BCUT2D eigenvalue weighted by molar-refractivity contribution is 0.0577. The number of nitrogens with zero attached hydrogens (tertiary/aromatic N) is 4. The molecule has 1 saturated carbocycles. The molecule has 0 unspecified atom stereocenters. The number of nitrogens with one attached hydrogen (secondary N) is 1. The minimum absolute atomic E-state index is 0.0521. The lowest BCUT2D eigenvalue weighted by Crippen LogP contribution is -2.58. The van der Waals surface area contributed by atoms with Crippen LogP contribution in [0.5, 0.6) is 0 Å². The van der Waals surface area contributed by atoms with Crippen molar-refractivity contribution in [1.82, 2.24) is 24.8 Å². The van der Waals surface area contributed by atoms with Gasteiger partial charge in [-0.15, -0.1) is 0 Å². The summed E-state index contributed by atoms with van der Waals surface area (Å²) in [6.07, 6.45) is 8.54. The largest absolute Gasteiger partial charge is 0.335 e. The van der Waals surface area contributed by atoms with Crippen LogP contribution in [0.2, 0.25) is 0 Å². The summed E-state index contributed by atoms with van der Waals surface area (Å²) in [6, 6.07) is 2.82. The van der Waals surface area contributed by atoms with Crippen LogP contribution in [-0.2, 0) is 0 Å². The highest BCUT2D eigenvalue weighted by atomic mass is 16.2. The van der Waals surface area contributed by atoms with Crippen molar-refractivity contribution in [2.24, 2.45) is 0 Å². The molecule has 22 heavy (non-hydrogen) atoms. The van der Waals surface area contributed by atoms with Gasteiger partial charge in [-0.25, -0.2) is 9.97 Å². The van der Waals surface area contributed by atoms with Gasteiger partial charge in [0.1, 0.15) is 5.52 Å². The fourth-order valence-corrected chi connectivity index (χ4v) is 3.50. The third-order valence-corrected chi connectivity index (χ3v) is 4.96. The normalized spacial score (nSPS) is 19.8. The van der Waals surface area contributed by atoms with E-state index in [4.69, 9.17) is 0 Å². The van der Waals surface area contributed by atoms with Gasteiger partial charge in [0.15, 0.2) is 5.65 Å². The molecular formula is C16H21N5O. The van der Waals surface area contributed by atoms with Gasteiger partial charge in [-0.05, 0) is 26.0 Å². The van der Waals surface area contributed by atoms with Crippen LogP contribution in [-0.4, -0.2) is 51.5 Å². The second-order valence-electron chi connectivity index (χ2n) is 6.35. The van der Waals surface area contributed by atoms with E-state index in [2.05, 4.69) is 19.9 Å². The van der Waals surface area contributed by atoms with Crippen LogP contribution in [0.1, 0.15) is 42.1 Å². The maximum atomic E-state index is 12.4. The van der Waals surface area contributed by atoms with Gasteiger partial charge in [-0.3, -0.25) is 4.79 Å². The summed E-state index contributed by atoms with van der Waals surface area (Å²) in [5, 5.41) is 3.18. The number of rotatable bonds is 3. The number of imidazole rings is 1. The van der Waals surface area contributed by atoms with Crippen LogP contribution in [0.25, 0.3) is 11.2 Å². The summed E-state index contributed by atoms with van der Waals surface area (Å²) in [5.74, 6) is 0.0521. The zero-order valence-electron chi connectivity index (χ0n) is 12.8. The number of hydrogen-bond donors (Lipinski definition) is 1. The molecule has 4 rings (SSSR count). The van der Waals surface area contributed by atoms with Gasteiger partial charge < -0.3 is 14.8 Å². The van der Waals surface area contributed by atoms with Crippen molar-refractivity contribution in [3.05, 3.63) is 24.2 Å². The Hall–Kier alpha value is -1.95. The second kappa shape index (κ2) is 5.35. The molecule has 1 N–H and O–H groups in total. The van der Waals surface area contributed by atoms with E-state index in [1.54, 1.807) is 6.20 Å². The Bertz CT molecular complexity index is 698. The molecule has 6 heteroatoms. The molecule has 116 valence electrons. The quantitative estimate of drug-likeness (QED) is 0.935. The SMILES string of the molecule is CNC1CN(C(=O)c2cnc3c(c2)ncn3C2CCCC2)C1. The molecule has 2 fully saturated rings. The Morgan fingerprint density at radius 1 is 1.27 bits per heavy atom. The van der Waals surface area contributed by atoms with Crippen LogP contribution in [0.4, 0.5) is 0 Å². The molecule has 1 amide bonds. The topological polar surface area (TPSA) is 63.1 Å². The average Bonchev–Trinajstić information content (AvgIpc) is 3.14. The van der Waals surface area contributed by atoms with E-state index in [0.717, 1.165) is 24.3 Å². The van der Waals surface area contributed by atoms with Crippen LogP contribution in [0.15, 0.2) is 18.6 Å². The van der Waals surface area contributed by atoms with Gasteiger partial charge in [0.05, 0.1) is 11.9 Å². The van der Waals surface area contributed by atoms with Gasteiger partial charge >= 0.3 is 0 Å². The fourth-order valence-electron chi connectivity index (χ4n) is 3.50. The zero-order valence-corrected chi connectivity index (χ0v) is 12.8. The van der Waals surface area contributed by atoms with Crippen molar-refractivity contribution in [2.75, 3.05) is 20.1 Å². The summed E-state index contributed by atoms with van der Waals surface area (Å²) < 4.78 is 2.18. The number of pyridine rings is 1.